The largest absolute Gasteiger partial charge is 0.493 e. The van der Waals surface area contributed by atoms with Crippen LogP contribution in [0.25, 0.3) is 22.6 Å². The fraction of sp³-hybridized carbons (Fsp3) is 0.167. The van der Waals surface area contributed by atoms with Gasteiger partial charge in [0.25, 0.3) is 5.91 Å². The van der Waals surface area contributed by atoms with E-state index in [-0.39, 0.29) is 5.91 Å². The molecular weight excluding hydrogens is 444 g/mol. The summed E-state index contributed by atoms with van der Waals surface area (Å²) in [4.78, 5) is 17.3. The molecule has 1 aromatic heterocycles. The first kappa shape index (κ1) is 20.2. The number of aromatic nitrogens is 1. The molecule has 0 saturated heterocycles. The molecule has 1 heterocycles. The van der Waals surface area contributed by atoms with Crippen LogP contribution in [0.5, 0.6) is 5.75 Å². The van der Waals surface area contributed by atoms with Crippen LogP contribution in [-0.4, -0.2) is 17.5 Å². The first-order valence-electron chi connectivity index (χ1n) is 9.66. The van der Waals surface area contributed by atoms with Crippen molar-refractivity contribution in [3.63, 3.8) is 0 Å². The number of fused-ring (bicyclic) bond motifs is 1. The topological polar surface area (TPSA) is 64.4 Å². The van der Waals surface area contributed by atoms with E-state index in [4.69, 9.17) is 9.15 Å². The Hall–Kier alpha value is -3.12. The van der Waals surface area contributed by atoms with E-state index in [1.54, 1.807) is 24.3 Å². The van der Waals surface area contributed by atoms with Crippen LogP contribution in [0.1, 0.15) is 28.4 Å². The molecule has 0 radical (unpaired) electrons. The third kappa shape index (κ3) is 4.24. The summed E-state index contributed by atoms with van der Waals surface area (Å²) >= 11 is 3.44. The average Bonchev–Trinajstić information content (AvgIpc) is 3.12. The number of hydrogen-bond donors (Lipinski definition) is 1. The van der Waals surface area contributed by atoms with Gasteiger partial charge in [-0.2, -0.15) is 0 Å². The molecule has 4 aromatic rings. The fourth-order valence-electron chi connectivity index (χ4n) is 3.34. The second kappa shape index (κ2) is 8.32. The Morgan fingerprint density at radius 1 is 1.07 bits per heavy atom. The summed E-state index contributed by atoms with van der Waals surface area (Å²) in [5.41, 5.74) is 5.79. The summed E-state index contributed by atoms with van der Waals surface area (Å²) in [6, 6.07) is 16.9. The van der Waals surface area contributed by atoms with E-state index in [0.29, 0.717) is 40.6 Å². The van der Waals surface area contributed by atoms with E-state index in [0.717, 1.165) is 21.2 Å². The number of halogens is 1. The number of oxazole rings is 1. The van der Waals surface area contributed by atoms with Crippen LogP contribution in [0.3, 0.4) is 0 Å². The van der Waals surface area contributed by atoms with Crippen molar-refractivity contribution < 1.29 is 13.9 Å². The molecule has 152 valence electrons. The highest BCUT2D eigenvalue weighted by molar-refractivity contribution is 9.10. The quantitative estimate of drug-likeness (QED) is 0.364. The molecule has 0 aliphatic rings. The fourth-order valence-corrected chi connectivity index (χ4v) is 3.84. The molecular formula is C24H21BrN2O3. The lowest BCUT2D eigenvalue weighted by atomic mass is 10.1. The van der Waals surface area contributed by atoms with Crippen molar-refractivity contribution in [2.45, 2.75) is 20.8 Å². The average molecular weight is 465 g/mol. The molecule has 0 saturated carbocycles. The second-order valence-electron chi connectivity index (χ2n) is 7.11. The molecule has 0 unspecified atom stereocenters. The molecule has 0 atom stereocenters. The van der Waals surface area contributed by atoms with Gasteiger partial charge < -0.3 is 14.5 Å². The monoisotopic (exact) mass is 464 g/mol. The van der Waals surface area contributed by atoms with Gasteiger partial charge in [0.05, 0.1) is 11.1 Å². The molecule has 0 aliphatic heterocycles. The Morgan fingerprint density at radius 2 is 1.83 bits per heavy atom. The molecule has 5 nitrogen and oxygen atoms in total. The van der Waals surface area contributed by atoms with E-state index in [9.17, 15) is 4.79 Å². The highest BCUT2D eigenvalue weighted by Gasteiger charge is 2.13. The number of anilines is 1. The lowest BCUT2D eigenvalue weighted by molar-refractivity contribution is 0.102. The molecule has 6 heteroatoms. The normalized spacial score (nSPS) is 10.9. The van der Waals surface area contributed by atoms with Gasteiger partial charge in [-0.15, -0.1) is 0 Å². The Labute approximate surface area is 183 Å². The highest BCUT2D eigenvalue weighted by atomic mass is 79.9. The number of carbonyl (C=O) groups is 1. The number of aryl methyl sites for hydroxylation is 2. The van der Waals surface area contributed by atoms with E-state index in [2.05, 4.69) is 32.3 Å². The minimum absolute atomic E-state index is 0.212. The summed E-state index contributed by atoms with van der Waals surface area (Å²) in [5, 5.41) is 2.91. The van der Waals surface area contributed by atoms with Crippen molar-refractivity contribution in [3.05, 3.63) is 75.8 Å². The first-order valence-corrected chi connectivity index (χ1v) is 10.4. The maximum absolute atomic E-state index is 12.7. The number of benzene rings is 3. The van der Waals surface area contributed by atoms with Crippen molar-refractivity contribution in [3.8, 4) is 17.2 Å². The van der Waals surface area contributed by atoms with Gasteiger partial charge in [0, 0.05) is 16.8 Å². The molecule has 0 fully saturated rings. The number of rotatable bonds is 5. The zero-order valence-electron chi connectivity index (χ0n) is 17.0. The van der Waals surface area contributed by atoms with Gasteiger partial charge in [0.15, 0.2) is 5.58 Å². The van der Waals surface area contributed by atoms with Crippen LogP contribution in [-0.2, 0) is 0 Å². The standard InChI is InChI=1S/C24H21BrN2O3/c1-4-29-21-7-5-16(12-19(21)25)23(28)26-18-6-8-22-20(13-18)27-24(30-22)17-10-14(2)9-15(3)11-17/h5-13H,4H2,1-3H3,(H,26,28). The lowest BCUT2D eigenvalue weighted by Gasteiger charge is -2.09. The number of nitrogens with zero attached hydrogens (tertiary/aromatic N) is 1. The maximum Gasteiger partial charge on any atom is 0.255 e. The van der Waals surface area contributed by atoms with E-state index in [1.165, 1.54) is 0 Å². The van der Waals surface area contributed by atoms with Gasteiger partial charge in [-0.25, -0.2) is 4.98 Å². The third-order valence-corrected chi connectivity index (χ3v) is 5.23. The molecule has 0 spiro atoms. The number of hydrogen-bond acceptors (Lipinski definition) is 4. The van der Waals surface area contributed by atoms with Gasteiger partial charge in [0.2, 0.25) is 5.89 Å². The van der Waals surface area contributed by atoms with Crippen LogP contribution in [0.15, 0.2) is 63.5 Å². The Morgan fingerprint density at radius 3 is 2.53 bits per heavy atom. The van der Waals surface area contributed by atoms with Crippen molar-refractivity contribution in [2.24, 2.45) is 0 Å². The second-order valence-corrected chi connectivity index (χ2v) is 7.96. The van der Waals surface area contributed by atoms with Crippen LogP contribution in [0, 0.1) is 13.8 Å². The van der Waals surface area contributed by atoms with Gasteiger partial charge >= 0.3 is 0 Å². The zero-order valence-corrected chi connectivity index (χ0v) is 18.5. The number of nitrogens with one attached hydrogen (secondary N) is 1. The van der Waals surface area contributed by atoms with E-state index in [1.807, 2.05) is 45.0 Å². The zero-order chi connectivity index (χ0) is 21.3. The SMILES string of the molecule is CCOc1ccc(C(=O)Nc2ccc3oc(-c4cc(C)cc(C)c4)nc3c2)cc1Br. The summed E-state index contributed by atoms with van der Waals surface area (Å²) in [6.45, 7) is 6.57. The van der Waals surface area contributed by atoms with Gasteiger partial charge in [-0.05, 0) is 85.2 Å². The minimum atomic E-state index is -0.212. The van der Waals surface area contributed by atoms with Crippen molar-refractivity contribution in [1.82, 2.24) is 4.98 Å². The van der Waals surface area contributed by atoms with Gasteiger partial charge in [0.1, 0.15) is 11.3 Å². The van der Waals surface area contributed by atoms with Gasteiger partial charge in [-0.3, -0.25) is 4.79 Å². The summed E-state index contributed by atoms with van der Waals surface area (Å²) in [6.07, 6.45) is 0. The molecule has 0 bridgehead atoms. The van der Waals surface area contributed by atoms with Crippen molar-refractivity contribution in [2.75, 3.05) is 11.9 Å². The Balaban J connectivity index is 1.58. The summed E-state index contributed by atoms with van der Waals surface area (Å²) in [7, 11) is 0. The molecule has 3 aromatic carbocycles. The smallest absolute Gasteiger partial charge is 0.255 e. The summed E-state index contributed by atoms with van der Waals surface area (Å²) in [5.74, 6) is 1.06. The first-order chi connectivity index (χ1) is 14.4. The van der Waals surface area contributed by atoms with Crippen molar-refractivity contribution in [1.29, 1.82) is 0 Å². The van der Waals surface area contributed by atoms with E-state index >= 15 is 0 Å². The Kier molecular flexibility index (Phi) is 5.59. The molecule has 30 heavy (non-hydrogen) atoms. The summed E-state index contributed by atoms with van der Waals surface area (Å²) < 4.78 is 12.1. The predicted molar refractivity (Wildman–Crippen MR) is 122 cm³/mol. The Bertz CT molecular complexity index is 1230. The van der Waals surface area contributed by atoms with Crippen LogP contribution in [0.4, 0.5) is 5.69 Å². The minimum Gasteiger partial charge on any atom is -0.493 e. The van der Waals surface area contributed by atoms with Crippen LogP contribution < -0.4 is 10.1 Å². The number of ether oxygens (including phenoxy) is 1. The predicted octanol–water partition coefficient (Wildman–Crippen LogP) is 6.53. The van der Waals surface area contributed by atoms with Crippen LogP contribution >= 0.6 is 15.9 Å². The highest BCUT2D eigenvalue weighted by Crippen LogP contribution is 2.29. The van der Waals surface area contributed by atoms with Crippen molar-refractivity contribution >= 4 is 38.6 Å². The van der Waals surface area contributed by atoms with Crippen LogP contribution in [0.2, 0.25) is 0 Å². The molecule has 1 N–H and O–H groups in total. The van der Waals surface area contributed by atoms with E-state index < -0.39 is 0 Å². The lowest BCUT2D eigenvalue weighted by Crippen LogP contribution is -2.12. The van der Waals surface area contributed by atoms with Gasteiger partial charge in [-0.1, -0.05) is 17.2 Å². The third-order valence-electron chi connectivity index (χ3n) is 4.61. The number of amides is 1. The molecule has 0 aliphatic carbocycles. The maximum atomic E-state index is 12.7. The molecule has 1 amide bonds. The molecule has 4 rings (SSSR count). The number of carbonyl (C=O) groups excluding carboxylic acids is 1.